The molecule has 0 atom stereocenters. The van der Waals surface area contributed by atoms with E-state index in [1.54, 1.807) is 12.1 Å². The Hall–Kier alpha value is -3.51. The highest BCUT2D eigenvalue weighted by atomic mass is 32.2. The molecule has 0 radical (unpaired) electrons. The summed E-state index contributed by atoms with van der Waals surface area (Å²) in [4.78, 5) is 11.9. The molecular weight excluding hydrogens is 480 g/mol. The molecule has 11 heteroatoms. The molecule has 1 amide bonds. The van der Waals surface area contributed by atoms with Crippen LogP contribution in [0.5, 0.6) is 0 Å². The second-order valence-corrected chi connectivity index (χ2v) is 11.3. The molecule has 0 aliphatic heterocycles. The van der Waals surface area contributed by atoms with Gasteiger partial charge >= 0.3 is 0 Å². The maximum Gasteiger partial charge on any atom is 0.282 e. The van der Waals surface area contributed by atoms with Gasteiger partial charge in [-0.15, -0.1) is 0 Å². The van der Waals surface area contributed by atoms with Crippen LogP contribution in [0.3, 0.4) is 0 Å². The van der Waals surface area contributed by atoms with Gasteiger partial charge in [-0.1, -0.05) is 36.4 Å². The Labute approximate surface area is 196 Å². The minimum absolute atomic E-state index is 0.00559. The van der Waals surface area contributed by atoms with Gasteiger partial charge in [0.15, 0.2) is 9.84 Å². The molecule has 0 aliphatic carbocycles. The van der Waals surface area contributed by atoms with Crippen LogP contribution in [0, 0.1) is 0 Å². The number of nitrogens with two attached hydrogens (primary N) is 1. The number of aliphatic hydroxyl groups is 1. The first kappa shape index (κ1) is 23.6. The Morgan fingerprint density at radius 3 is 2.24 bits per heavy atom. The van der Waals surface area contributed by atoms with E-state index in [9.17, 15) is 26.7 Å². The monoisotopic (exact) mass is 500 g/mol. The number of hydrazine groups is 1. The predicted molar refractivity (Wildman–Crippen MR) is 125 cm³/mol. The molecule has 4 rings (SSSR count). The van der Waals surface area contributed by atoms with Crippen molar-refractivity contribution in [2.75, 3.05) is 6.26 Å². The van der Waals surface area contributed by atoms with Gasteiger partial charge in [-0.2, -0.15) is 12.8 Å². The van der Waals surface area contributed by atoms with E-state index in [1.807, 2.05) is 18.2 Å². The van der Waals surface area contributed by atoms with Crippen LogP contribution in [0.25, 0.3) is 22.3 Å². The smallest absolute Gasteiger partial charge is 0.282 e. The zero-order chi connectivity index (χ0) is 24.7. The molecule has 3 aromatic carbocycles. The summed E-state index contributed by atoms with van der Waals surface area (Å²) in [6.45, 7) is -0.457. The Kier molecular flexibility index (Phi) is 6.04. The summed E-state index contributed by atoms with van der Waals surface area (Å²) in [5.74, 6) is 5.04. The number of amides is 1. The van der Waals surface area contributed by atoms with Gasteiger partial charge in [0.25, 0.3) is 15.9 Å². The lowest BCUT2D eigenvalue weighted by atomic mass is 10.0. The van der Waals surface area contributed by atoms with Crippen molar-refractivity contribution in [3.8, 4) is 11.3 Å². The van der Waals surface area contributed by atoms with Gasteiger partial charge in [-0.25, -0.2) is 14.3 Å². The van der Waals surface area contributed by atoms with E-state index < -0.39 is 42.2 Å². The third kappa shape index (κ3) is 4.21. The largest absolute Gasteiger partial charge is 0.456 e. The fourth-order valence-electron chi connectivity index (χ4n) is 3.52. The Morgan fingerprint density at radius 2 is 1.59 bits per heavy atom. The van der Waals surface area contributed by atoms with Crippen molar-refractivity contribution in [3.05, 3.63) is 83.9 Å². The van der Waals surface area contributed by atoms with E-state index in [0.29, 0.717) is 22.5 Å². The summed E-state index contributed by atoms with van der Waals surface area (Å²) in [6.07, 6.45) is 0.856. The fourth-order valence-corrected chi connectivity index (χ4v) is 6.16. The molecule has 1 aromatic heterocycles. The molecule has 0 saturated heterocycles. The number of fused-ring (bicyclic) bond motifs is 1. The third-order valence-corrected chi connectivity index (χ3v) is 8.08. The van der Waals surface area contributed by atoms with Crippen LogP contribution in [0.4, 0.5) is 0 Å². The quantitative estimate of drug-likeness (QED) is 0.233. The summed E-state index contributed by atoms with van der Waals surface area (Å²) in [5, 5.41) is 10.7. The van der Waals surface area contributed by atoms with Crippen LogP contribution in [0.15, 0.2) is 87.0 Å². The number of aliphatic hydroxyl groups excluding tert-OH is 1. The molecule has 0 spiro atoms. The summed E-state index contributed by atoms with van der Waals surface area (Å²) < 4.78 is 55.9. The van der Waals surface area contributed by atoms with E-state index in [2.05, 4.69) is 0 Å². The summed E-state index contributed by atoms with van der Waals surface area (Å²) in [7, 11) is -8.61. The molecule has 0 unspecified atom stereocenters. The lowest BCUT2D eigenvalue weighted by molar-refractivity contribution is 0.0861. The van der Waals surface area contributed by atoms with E-state index in [4.69, 9.17) is 10.3 Å². The van der Waals surface area contributed by atoms with E-state index in [1.165, 1.54) is 30.3 Å². The Balaban J connectivity index is 1.72. The van der Waals surface area contributed by atoms with Gasteiger partial charge in [0.1, 0.15) is 16.2 Å². The second kappa shape index (κ2) is 8.69. The SMILES string of the molecule is CS(=O)(=O)c1ccccc1S(=O)(=O)N(N)C(=O)c1ccc(-c2cc3ccccc3o2)c(CO)c1. The van der Waals surface area contributed by atoms with Gasteiger partial charge in [-0.05, 0) is 42.0 Å². The van der Waals surface area contributed by atoms with Crippen LogP contribution >= 0.6 is 0 Å². The molecule has 1 heterocycles. The van der Waals surface area contributed by atoms with Crippen molar-refractivity contribution in [2.24, 2.45) is 5.84 Å². The zero-order valence-corrected chi connectivity index (χ0v) is 19.5. The molecule has 9 nitrogen and oxygen atoms in total. The van der Waals surface area contributed by atoms with Gasteiger partial charge < -0.3 is 9.52 Å². The van der Waals surface area contributed by atoms with E-state index in [-0.39, 0.29) is 9.98 Å². The van der Waals surface area contributed by atoms with Gasteiger partial charge in [-0.3, -0.25) is 4.79 Å². The van der Waals surface area contributed by atoms with Crippen molar-refractivity contribution in [1.82, 2.24) is 4.41 Å². The predicted octanol–water partition coefficient (Wildman–Crippen LogP) is 2.70. The zero-order valence-electron chi connectivity index (χ0n) is 17.9. The molecular formula is C23H20N2O7S2. The minimum Gasteiger partial charge on any atom is -0.456 e. The molecule has 0 bridgehead atoms. The topological polar surface area (TPSA) is 148 Å². The maximum absolute atomic E-state index is 13.0. The summed E-state index contributed by atoms with van der Waals surface area (Å²) in [6, 6.07) is 18.2. The number of sulfone groups is 1. The Bertz CT molecular complexity index is 1590. The lowest BCUT2D eigenvalue weighted by Gasteiger charge is -2.19. The van der Waals surface area contributed by atoms with Gasteiger partial charge in [0.05, 0.1) is 11.5 Å². The molecule has 3 N–H and O–H groups in total. The van der Waals surface area contributed by atoms with Gasteiger partial charge in [0, 0.05) is 22.8 Å². The van der Waals surface area contributed by atoms with Crippen LogP contribution in [-0.4, -0.2) is 38.5 Å². The fraction of sp³-hybridized carbons (Fsp3) is 0.0870. The molecule has 4 aromatic rings. The molecule has 0 saturated carbocycles. The minimum atomic E-state index is -4.70. The number of carbonyl (C=O) groups excluding carboxylic acids is 1. The average Bonchev–Trinajstić information content (AvgIpc) is 3.26. The number of para-hydroxylation sites is 1. The van der Waals surface area contributed by atoms with E-state index >= 15 is 0 Å². The first-order valence-electron chi connectivity index (χ1n) is 9.90. The average molecular weight is 501 g/mol. The number of sulfonamides is 1. The van der Waals surface area contributed by atoms with Crippen molar-refractivity contribution in [2.45, 2.75) is 16.4 Å². The highest BCUT2D eigenvalue weighted by Crippen LogP contribution is 2.31. The standard InChI is InChI=1S/C23H20N2O7S2/c1-33(28,29)21-8-4-5-9-22(21)34(30,31)25(24)23(27)16-10-11-18(17(12-16)14-26)20-13-15-6-2-3-7-19(15)32-20/h2-13,26H,14,24H2,1H3. The molecule has 34 heavy (non-hydrogen) atoms. The van der Waals surface area contributed by atoms with Crippen molar-refractivity contribution < 1.29 is 31.2 Å². The lowest BCUT2D eigenvalue weighted by Crippen LogP contribution is -2.43. The number of hydrogen-bond acceptors (Lipinski definition) is 8. The van der Waals surface area contributed by atoms with Crippen LogP contribution in [0.2, 0.25) is 0 Å². The number of carbonyl (C=O) groups is 1. The first-order chi connectivity index (χ1) is 16.0. The third-order valence-electron chi connectivity index (χ3n) is 5.20. The Morgan fingerprint density at radius 1 is 0.941 bits per heavy atom. The summed E-state index contributed by atoms with van der Waals surface area (Å²) in [5.41, 5.74) is 1.36. The highest BCUT2D eigenvalue weighted by molar-refractivity contribution is 7.93. The van der Waals surface area contributed by atoms with Crippen molar-refractivity contribution in [3.63, 3.8) is 0 Å². The number of benzene rings is 3. The number of nitrogens with zero attached hydrogens (tertiary/aromatic N) is 1. The van der Waals surface area contributed by atoms with Crippen molar-refractivity contribution in [1.29, 1.82) is 0 Å². The van der Waals surface area contributed by atoms with Gasteiger partial charge in [0.2, 0.25) is 0 Å². The maximum atomic E-state index is 13.0. The van der Waals surface area contributed by atoms with Crippen LogP contribution in [0.1, 0.15) is 15.9 Å². The van der Waals surface area contributed by atoms with Crippen LogP contribution < -0.4 is 5.84 Å². The second-order valence-electron chi connectivity index (χ2n) is 7.50. The number of furan rings is 1. The first-order valence-corrected chi connectivity index (χ1v) is 13.2. The molecule has 176 valence electrons. The highest BCUT2D eigenvalue weighted by Gasteiger charge is 2.32. The molecule has 0 aliphatic rings. The normalized spacial score (nSPS) is 12.1. The van der Waals surface area contributed by atoms with Crippen molar-refractivity contribution >= 4 is 36.7 Å². The summed E-state index contributed by atoms with van der Waals surface area (Å²) >= 11 is 0. The van der Waals surface area contributed by atoms with Crippen LogP contribution in [-0.2, 0) is 26.5 Å². The molecule has 0 fully saturated rings. The van der Waals surface area contributed by atoms with E-state index in [0.717, 1.165) is 23.8 Å². The number of hydrogen-bond donors (Lipinski definition) is 2. The number of rotatable bonds is 6.